The maximum Gasteiger partial charge on any atom is 0.416 e. The number of carbonyl (C=O) groups excluding carboxylic acids is 1. The number of benzene rings is 2. The fraction of sp³-hybridized carbons (Fsp3) is 0.235. The molecule has 2 aromatic carbocycles. The van der Waals surface area contributed by atoms with E-state index in [0.29, 0.717) is 24.3 Å². The SMILES string of the molecule is O=C(c1cccc(C2OCCO2)c1)c1cccc(C(F)(F)F)c1. The van der Waals surface area contributed by atoms with Crippen LogP contribution >= 0.6 is 0 Å². The van der Waals surface area contributed by atoms with Gasteiger partial charge in [-0.25, -0.2) is 0 Å². The van der Waals surface area contributed by atoms with Gasteiger partial charge in [0.05, 0.1) is 18.8 Å². The van der Waals surface area contributed by atoms with Crippen molar-refractivity contribution in [1.82, 2.24) is 0 Å². The molecular weight excluding hydrogens is 309 g/mol. The highest BCUT2D eigenvalue weighted by Gasteiger charge is 2.31. The summed E-state index contributed by atoms with van der Waals surface area (Å²) in [5, 5.41) is 0. The third-order valence-electron chi connectivity index (χ3n) is 3.49. The summed E-state index contributed by atoms with van der Waals surface area (Å²) in [6, 6.07) is 10.9. The molecule has 0 saturated carbocycles. The van der Waals surface area contributed by atoms with Gasteiger partial charge in [0.2, 0.25) is 0 Å². The normalized spacial score (nSPS) is 15.8. The van der Waals surface area contributed by atoms with Crippen LogP contribution in [0, 0.1) is 0 Å². The molecule has 1 heterocycles. The molecule has 2 aromatic rings. The molecule has 0 aliphatic carbocycles. The van der Waals surface area contributed by atoms with Crippen LogP contribution in [-0.4, -0.2) is 19.0 Å². The number of hydrogen-bond donors (Lipinski definition) is 0. The van der Waals surface area contributed by atoms with Crippen molar-refractivity contribution >= 4 is 5.78 Å². The molecule has 1 fully saturated rings. The zero-order chi connectivity index (χ0) is 16.4. The van der Waals surface area contributed by atoms with E-state index in [1.54, 1.807) is 24.3 Å². The van der Waals surface area contributed by atoms with E-state index in [9.17, 15) is 18.0 Å². The molecule has 0 bridgehead atoms. The number of halogens is 3. The highest BCUT2D eigenvalue weighted by Crippen LogP contribution is 2.30. The lowest BCUT2D eigenvalue weighted by atomic mass is 9.99. The Morgan fingerprint density at radius 2 is 1.57 bits per heavy atom. The average molecular weight is 322 g/mol. The zero-order valence-corrected chi connectivity index (χ0v) is 12.0. The second-order valence-electron chi connectivity index (χ2n) is 5.11. The van der Waals surface area contributed by atoms with Crippen molar-refractivity contribution in [3.8, 4) is 0 Å². The molecule has 0 amide bonds. The monoisotopic (exact) mass is 322 g/mol. The number of carbonyl (C=O) groups is 1. The second kappa shape index (κ2) is 6.14. The van der Waals surface area contributed by atoms with Crippen LogP contribution in [0.3, 0.4) is 0 Å². The standard InChI is InChI=1S/C17H13F3O3/c18-17(19,20)14-6-2-4-12(10-14)15(21)11-3-1-5-13(9-11)16-22-7-8-23-16/h1-6,9-10,16H,7-8H2. The van der Waals surface area contributed by atoms with Crippen LogP contribution in [0.15, 0.2) is 48.5 Å². The number of rotatable bonds is 3. The minimum Gasteiger partial charge on any atom is -0.346 e. The Morgan fingerprint density at radius 3 is 2.22 bits per heavy atom. The Hall–Kier alpha value is -2.18. The molecule has 1 aliphatic heterocycles. The molecule has 3 nitrogen and oxygen atoms in total. The van der Waals surface area contributed by atoms with Crippen LogP contribution in [0.25, 0.3) is 0 Å². The van der Waals surface area contributed by atoms with E-state index in [-0.39, 0.29) is 5.56 Å². The Bertz CT molecular complexity index is 719. The third-order valence-corrected chi connectivity index (χ3v) is 3.49. The summed E-state index contributed by atoms with van der Waals surface area (Å²) < 4.78 is 49.0. The quantitative estimate of drug-likeness (QED) is 0.802. The summed E-state index contributed by atoms with van der Waals surface area (Å²) >= 11 is 0. The van der Waals surface area contributed by atoms with Crippen LogP contribution in [0.2, 0.25) is 0 Å². The van der Waals surface area contributed by atoms with Gasteiger partial charge in [0.1, 0.15) is 0 Å². The van der Waals surface area contributed by atoms with E-state index in [2.05, 4.69) is 0 Å². The van der Waals surface area contributed by atoms with Crippen LogP contribution in [-0.2, 0) is 15.7 Å². The molecule has 3 rings (SSSR count). The lowest BCUT2D eigenvalue weighted by Gasteiger charge is -2.11. The largest absolute Gasteiger partial charge is 0.416 e. The first-order valence-corrected chi connectivity index (χ1v) is 7.00. The van der Waals surface area contributed by atoms with Gasteiger partial charge in [0, 0.05) is 16.7 Å². The van der Waals surface area contributed by atoms with Crippen LogP contribution < -0.4 is 0 Å². The van der Waals surface area contributed by atoms with E-state index in [4.69, 9.17) is 9.47 Å². The Morgan fingerprint density at radius 1 is 0.957 bits per heavy atom. The summed E-state index contributed by atoms with van der Waals surface area (Å²) in [6.07, 6.45) is -5.02. The molecule has 0 unspecified atom stereocenters. The average Bonchev–Trinajstić information content (AvgIpc) is 3.08. The van der Waals surface area contributed by atoms with Crippen molar-refractivity contribution in [2.75, 3.05) is 13.2 Å². The number of ether oxygens (including phenoxy) is 2. The summed E-state index contributed by atoms with van der Waals surface area (Å²) in [5.41, 5.74) is 0.105. The number of hydrogen-bond acceptors (Lipinski definition) is 3. The Balaban J connectivity index is 1.90. The Kier molecular flexibility index (Phi) is 4.19. The molecule has 0 aromatic heterocycles. The predicted octanol–water partition coefficient (Wildman–Crippen LogP) is 3.98. The fourth-order valence-corrected chi connectivity index (χ4v) is 2.38. The van der Waals surface area contributed by atoms with Gasteiger partial charge >= 0.3 is 6.18 Å². The lowest BCUT2D eigenvalue weighted by molar-refractivity contribution is -0.137. The predicted molar refractivity (Wildman–Crippen MR) is 76.0 cm³/mol. The first-order chi connectivity index (χ1) is 10.9. The molecule has 120 valence electrons. The zero-order valence-electron chi connectivity index (χ0n) is 12.0. The molecule has 0 atom stereocenters. The van der Waals surface area contributed by atoms with Crippen LogP contribution in [0.1, 0.15) is 33.3 Å². The van der Waals surface area contributed by atoms with Gasteiger partial charge in [-0.1, -0.05) is 30.3 Å². The summed E-state index contributed by atoms with van der Waals surface area (Å²) in [4.78, 5) is 12.4. The van der Waals surface area contributed by atoms with Crippen molar-refractivity contribution in [2.45, 2.75) is 12.5 Å². The number of ketones is 1. The van der Waals surface area contributed by atoms with E-state index < -0.39 is 23.8 Å². The molecule has 0 spiro atoms. The number of alkyl halides is 3. The second-order valence-corrected chi connectivity index (χ2v) is 5.11. The minimum atomic E-state index is -4.48. The molecule has 23 heavy (non-hydrogen) atoms. The highest BCUT2D eigenvalue weighted by atomic mass is 19.4. The van der Waals surface area contributed by atoms with Gasteiger partial charge < -0.3 is 9.47 Å². The summed E-state index contributed by atoms with van der Waals surface area (Å²) in [7, 11) is 0. The van der Waals surface area contributed by atoms with Gasteiger partial charge in [-0.15, -0.1) is 0 Å². The molecule has 6 heteroatoms. The van der Waals surface area contributed by atoms with Crippen molar-refractivity contribution in [2.24, 2.45) is 0 Å². The fourth-order valence-electron chi connectivity index (χ4n) is 2.38. The summed E-state index contributed by atoms with van der Waals surface area (Å²) in [6.45, 7) is 0.937. The van der Waals surface area contributed by atoms with E-state index >= 15 is 0 Å². The minimum absolute atomic E-state index is 0.00904. The molecule has 1 saturated heterocycles. The third kappa shape index (κ3) is 3.43. The topological polar surface area (TPSA) is 35.5 Å². The summed E-state index contributed by atoms with van der Waals surface area (Å²) in [5.74, 6) is -0.476. The maximum absolute atomic E-state index is 12.8. The van der Waals surface area contributed by atoms with Crippen LogP contribution in [0.4, 0.5) is 13.2 Å². The first-order valence-electron chi connectivity index (χ1n) is 7.00. The van der Waals surface area contributed by atoms with Gasteiger partial charge in [-0.05, 0) is 18.2 Å². The lowest BCUT2D eigenvalue weighted by Crippen LogP contribution is -2.08. The van der Waals surface area contributed by atoms with Gasteiger partial charge in [-0.3, -0.25) is 4.79 Å². The molecular formula is C17H13F3O3. The van der Waals surface area contributed by atoms with Crippen molar-refractivity contribution in [1.29, 1.82) is 0 Å². The molecule has 0 N–H and O–H groups in total. The first kappa shape index (κ1) is 15.7. The van der Waals surface area contributed by atoms with Crippen molar-refractivity contribution in [3.05, 3.63) is 70.8 Å². The van der Waals surface area contributed by atoms with Crippen molar-refractivity contribution in [3.63, 3.8) is 0 Å². The smallest absolute Gasteiger partial charge is 0.346 e. The van der Waals surface area contributed by atoms with Gasteiger partial charge in [-0.2, -0.15) is 13.2 Å². The van der Waals surface area contributed by atoms with Crippen molar-refractivity contribution < 1.29 is 27.4 Å². The molecule has 0 radical (unpaired) electrons. The molecule has 1 aliphatic rings. The van der Waals surface area contributed by atoms with Gasteiger partial charge in [0.25, 0.3) is 0 Å². The maximum atomic E-state index is 12.8. The van der Waals surface area contributed by atoms with E-state index in [0.717, 1.165) is 12.1 Å². The highest BCUT2D eigenvalue weighted by molar-refractivity contribution is 6.09. The van der Waals surface area contributed by atoms with Crippen LogP contribution in [0.5, 0.6) is 0 Å². The Labute approximate surface area is 130 Å². The van der Waals surface area contributed by atoms with E-state index in [1.165, 1.54) is 12.1 Å². The van der Waals surface area contributed by atoms with Gasteiger partial charge in [0.15, 0.2) is 12.1 Å². The van der Waals surface area contributed by atoms with E-state index in [1.807, 2.05) is 0 Å².